The third-order valence-electron chi connectivity index (χ3n) is 5.90. The van der Waals surface area contributed by atoms with Gasteiger partial charge in [0.05, 0.1) is 0 Å². The smallest absolute Gasteiger partial charge is 0.135 e. The fourth-order valence-corrected chi connectivity index (χ4v) is 4.46. The van der Waals surface area contributed by atoms with Crippen molar-refractivity contribution in [1.29, 1.82) is 0 Å². The Balaban J connectivity index is 1.59. The van der Waals surface area contributed by atoms with Crippen LogP contribution in [0.25, 0.3) is 43.1 Å². The van der Waals surface area contributed by atoms with Crippen LogP contribution in [0.4, 0.5) is 0 Å². The molecule has 31 heavy (non-hydrogen) atoms. The average molecular weight is 402 g/mol. The van der Waals surface area contributed by atoms with Gasteiger partial charge in [-0.25, -0.2) is 0 Å². The van der Waals surface area contributed by atoms with Crippen molar-refractivity contribution in [3.05, 3.63) is 97.1 Å². The molecule has 0 heterocycles. The van der Waals surface area contributed by atoms with Crippen molar-refractivity contribution in [3.8, 4) is 23.0 Å². The van der Waals surface area contributed by atoms with Crippen LogP contribution in [0.2, 0.25) is 0 Å². The Morgan fingerprint density at radius 2 is 0.742 bits per heavy atom. The van der Waals surface area contributed by atoms with Gasteiger partial charge in [-0.3, -0.25) is 0 Å². The van der Waals surface area contributed by atoms with Gasteiger partial charge in [-0.1, -0.05) is 72.8 Å². The summed E-state index contributed by atoms with van der Waals surface area (Å²) < 4.78 is 6.39. The van der Waals surface area contributed by atoms with Crippen molar-refractivity contribution < 1.29 is 14.9 Å². The predicted octanol–water partition coefficient (Wildman–Crippen LogP) is 7.50. The number of ether oxygens (including phenoxy) is 1. The summed E-state index contributed by atoms with van der Waals surface area (Å²) >= 11 is 0. The van der Waals surface area contributed by atoms with E-state index in [4.69, 9.17) is 4.74 Å². The number of phenols is 2. The second-order valence-electron chi connectivity index (χ2n) is 7.69. The van der Waals surface area contributed by atoms with Crippen LogP contribution >= 0.6 is 0 Å². The zero-order chi connectivity index (χ0) is 20.9. The largest absolute Gasteiger partial charge is 0.507 e. The van der Waals surface area contributed by atoms with Gasteiger partial charge < -0.3 is 14.9 Å². The Kier molecular flexibility index (Phi) is 3.77. The molecule has 0 atom stereocenters. The van der Waals surface area contributed by atoms with Gasteiger partial charge >= 0.3 is 0 Å². The maximum absolute atomic E-state index is 10.6. The molecule has 0 saturated heterocycles. The van der Waals surface area contributed by atoms with E-state index in [-0.39, 0.29) is 11.5 Å². The molecule has 6 aromatic carbocycles. The molecule has 0 aliphatic rings. The molecule has 0 saturated carbocycles. The summed E-state index contributed by atoms with van der Waals surface area (Å²) in [5.74, 6) is 1.75. The van der Waals surface area contributed by atoms with Crippen LogP contribution in [0.3, 0.4) is 0 Å². The summed E-state index contributed by atoms with van der Waals surface area (Å²) in [5, 5.41) is 28.5. The lowest BCUT2D eigenvalue weighted by Crippen LogP contribution is -1.89. The molecule has 0 spiro atoms. The van der Waals surface area contributed by atoms with Crippen molar-refractivity contribution in [2.24, 2.45) is 0 Å². The minimum Gasteiger partial charge on any atom is -0.507 e. The predicted molar refractivity (Wildman–Crippen MR) is 126 cm³/mol. The number of phenolic OH excluding ortho intramolecular Hbond substituents is 2. The number of aromatic hydroxyl groups is 2. The summed E-state index contributed by atoms with van der Waals surface area (Å²) in [7, 11) is 0. The van der Waals surface area contributed by atoms with Gasteiger partial charge in [-0.2, -0.15) is 0 Å². The first-order valence-electron chi connectivity index (χ1n) is 10.2. The van der Waals surface area contributed by atoms with Crippen molar-refractivity contribution in [2.45, 2.75) is 0 Å². The van der Waals surface area contributed by atoms with Crippen LogP contribution in [0.1, 0.15) is 0 Å². The third kappa shape index (κ3) is 2.67. The summed E-state index contributed by atoms with van der Waals surface area (Å²) in [5.41, 5.74) is 0. The van der Waals surface area contributed by atoms with Crippen molar-refractivity contribution >= 4 is 43.1 Å². The van der Waals surface area contributed by atoms with Crippen LogP contribution < -0.4 is 4.74 Å². The molecule has 0 aliphatic heterocycles. The molecular weight excluding hydrogens is 384 g/mol. The van der Waals surface area contributed by atoms with Crippen molar-refractivity contribution in [1.82, 2.24) is 0 Å². The highest BCUT2D eigenvalue weighted by Crippen LogP contribution is 2.42. The van der Waals surface area contributed by atoms with E-state index in [2.05, 4.69) is 0 Å². The highest BCUT2D eigenvalue weighted by molar-refractivity contribution is 6.13. The topological polar surface area (TPSA) is 49.7 Å². The first-order chi connectivity index (χ1) is 15.2. The van der Waals surface area contributed by atoms with Gasteiger partial charge in [0, 0.05) is 21.5 Å². The van der Waals surface area contributed by atoms with Gasteiger partial charge in [-0.15, -0.1) is 0 Å². The Hall–Kier alpha value is -4.24. The standard InChI is InChI=1S/C28H18O3/c29-25-15-23-19(17-7-1-3-9-21(17)25)11-5-13-27(23)31-28-14-6-12-20-18-8-2-4-10-22(18)26(30)16-24(20)28/h1-16,29-30H. The van der Waals surface area contributed by atoms with Crippen LogP contribution in [-0.4, -0.2) is 10.2 Å². The lowest BCUT2D eigenvalue weighted by atomic mass is 10.00. The zero-order valence-corrected chi connectivity index (χ0v) is 16.5. The molecule has 3 heteroatoms. The van der Waals surface area contributed by atoms with Gasteiger partial charge in [0.1, 0.15) is 23.0 Å². The molecule has 148 valence electrons. The second-order valence-corrected chi connectivity index (χ2v) is 7.69. The van der Waals surface area contributed by atoms with Crippen molar-refractivity contribution in [2.75, 3.05) is 0 Å². The first kappa shape index (κ1) is 17.6. The van der Waals surface area contributed by atoms with Crippen molar-refractivity contribution in [3.63, 3.8) is 0 Å². The quantitative estimate of drug-likeness (QED) is 0.295. The average Bonchev–Trinajstić information content (AvgIpc) is 2.81. The van der Waals surface area contributed by atoms with E-state index in [0.717, 1.165) is 43.1 Å². The second kappa shape index (κ2) is 6.64. The lowest BCUT2D eigenvalue weighted by molar-refractivity contribution is 0.478. The highest BCUT2D eigenvalue weighted by atomic mass is 16.5. The fourth-order valence-electron chi connectivity index (χ4n) is 4.46. The summed E-state index contributed by atoms with van der Waals surface area (Å²) in [6.45, 7) is 0. The van der Waals surface area contributed by atoms with Crippen LogP contribution in [0.5, 0.6) is 23.0 Å². The van der Waals surface area contributed by atoms with E-state index in [1.165, 1.54) is 0 Å². The van der Waals surface area contributed by atoms with E-state index in [0.29, 0.717) is 11.5 Å². The van der Waals surface area contributed by atoms with Gasteiger partial charge in [-0.05, 0) is 45.8 Å². The Labute approximate surface area is 178 Å². The third-order valence-corrected chi connectivity index (χ3v) is 5.90. The monoisotopic (exact) mass is 402 g/mol. The molecule has 0 aromatic heterocycles. The van der Waals surface area contributed by atoms with E-state index >= 15 is 0 Å². The minimum absolute atomic E-state index is 0.223. The Morgan fingerprint density at radius 3 is 1.19 bits per heavy atom. The Morgan fingerprint density at radius 1 is 0.387 bits per heavy atom. The summed E-state index contributed by atoms with van der Waals surface area (Å²) in [6, 6.07) is 30.9. The summed E-state index contributed by atoms with van der Waals surface area (Å²) in [6.07, 6.45) is 0. The van der Waals surface area contributed by atoms with E-state index < -0.39 is 0 Å². The molecule has 0 unspecified atom stereocenters. The number of benzene rings is 6. The maximum Gasteiger partial charge on any atom is 0.135 e. The maximum atomic E-state index is 10.6. The number of hydrogen-bond donors (Lipinski definition) is 2. The van der Waals surface area contributed by atoms with E-state index in [1.54, 1.807) is 12.1 Å². The molecule has 0 aliphatic carbocycles. The molecule has 0 bridgehead atoms. The fraction of sp³-hybridized carbons (Fsp3) is 0. The van der Waals surface area contributed by atoms with Gasteiger partial charge in [0.15, 0.2) is 0 Å². The van der Waals surface area contributed by atoms with Crippen LogP contribution in [-0.2, 0) is 0 Å². The lowest BCUT2D eigenvalue weighted by Gasteiger charge is -2.14. The number of fused-ring (bicyclic) bond motifs is 6. The highest BCUT2D eigenvalue weighted by Gasteiger charge is 2.13. The zero-order valence-electron chi connectivity index (χ0n) is 16.5. The van der Waals surface area contributed by atoms with E-state index in [1.807, 2.05) is 84.9 Å². The molecule has 0 fully saturated rings. The molecule has 0 radical (unpaired) electrons. The summed E-state index contributed by atoms with van der Waals surface area (Å²) in [4.78, 5) is 0. The molecule has 3 nitrogen and oxygen atoms in total. The molecule has 0 amide bonds. The number of rotatable bonds is 2. The molecular formula is C28H18O3. The number of hydrogen-bond acceptors (Lipinski definition) is 3. The van der Waals surface area contributed by atoms with Gasteiger partial charge in [0.25, 0.3) is 0 Å². The van der Waals surface area contributed by atoms with E-state index in [9.17, 15) is 10.2 Å². The van der Waals surface area contributed by atoms with Gasteiger partial charge in [0.2, 0.25) is 0 Å². The Bertz CT molecular complexity index is 1510. The molecule has 6 rings (SSSR count). The van der Waals surface area contributed by atoms with Crippen LogP contribution in [0, 0.1) is 0 Å². The van der Waals surface area contributed by atoms with Crippen LogP contribution in [0.15, 0.2) is 97.1 Å². The molecule has 6 aromatic rings. The SMILES string of the molecule is Oc1cc2c(Oc3cccc4c3cc(O)c3ccccc34)cccc2c2ccccc12. The minimum atomic E-state index is 0.223. The normalized spacial score (nSPS) is 11.5. The molecule has 2 N–H and O–H groups in total. The first-order valence-corrected chi connectivity index (χ1v) is 10.2.